The van der Waals surface area contributed by atoms with Gasteiger partial charge in [0.15, 0.2) is 11.6 Å². The molecule has 1 aromatic heterocycles. The van der Waals surface area contributed by atoms with Crippen molar-refractivity contribution in [1.82, 2.24) is 20.5 Å². The summed E-state index contributed by atoms with van der Waals surface area (Å²) in [5, 5.41) is 4.94. The highest BCUT2D eigenvalue weighted by atomic mass is 19.1. The normalized spacial score (nSPS) is 16.3. The molecule has 9 nitrogen and oxygen atoms in total. The lowest BCUT2D eigenvalue weighted by Crippen LogP contribution is -2.48. The van der Waals surface area contributed by atoms with E-state index in [4.69, 9.17) is 9.47 Å². The molecule has 1 atom stereocenters. The van der Waals surface area contributed by atoms with Crippen molar-refractivity contribution < 1.29 is 28.2 Å². The largest absolute Gasteiger partial charge is 0.435 e. The first-order chi connectivity index (χ1) is 19.2. The zero-order valence-corrected chi connectivity index (χ0v) is 22.6. The van der Waals surface area contributed by atoms with E-state index in [9.17, 15) is 18.8 Å². The lowest BCUT2D eigenvalue weighted by molar-refractivity contribution is -0.128. The molecule has 3 heterocycles. The van der Waals surface area contributed by atoms with E-state index in [2.05, 4.69) is 15.6 Å². The van der Waals surface area contributed by atoms with E-state index in [1.807, 2.05) is 6.07 Å². The zero-order chi connectivity index (χ0) is 28.4. The number of morpholine rings is 1. The minimum absolute atomic E-state index is 0.00464. The first-order valence-corrected chi connectivity index (χ1v) is 13.2. The number of carbonyl (C=O) groups is 3. The predicted molar refractivity (Wildman–Crippen MR) is 146 cm³/mol. The third kappa shape index (κ3) is 5.14. The number of para-hydroxylation sites is 1. The van der Waals surface area contributed by atoms with Gasteiger partial charge in [-0.3, -0.25) is 14.9 Å². The molecule has 40 heavy (non-hydrogen) atoms. The van der Waals surface area contributed by atoms with Gasteiger partial charge in [-0.05, 0) is 31.2 Å². The maximum Gasteiger partial charge on any atom is 0.321 e. The summed E-state index contributed by atoms with van der Waals surface area (Å²) in [6.07, 6.45) is 0. The fourth-order valence-corrected chi connectivity index (χ4v) is 5.15. The maximum absolute atomic E-state index is 15.0. The molecular formula is C30H31FN4O5. The summed E-state index contributed by atoms with van der Waals surface area (Å²) in [7, 11) is 0. The summed E-state index contributed by atoms with van der Waals surface area (Å²) in [5.41, 5.74) is 1.79. The van der Waals surface area contributed by atoms with Crippen LogP contribution in [0.3, 0.4) is 0 Å². The van der Waals surface area contributed by atoms with Crippen molar-refractivity contribution in [2.24, 2.45) is 5.41 Å². The van der Waals surface area contributed by atoms with Crippen molar-refractivity contribution >= 4 is 17.8 Å². The number of carbonyl (C=O) groups excluding carboxylic acids is 3. The van der Waals surface area contributed by atoms with Gasteiger partial charge < -0.3 is 19.7 Å². The Morgan fingerprint density at radius 1 is 1.02 bits per heavy atom. The molecule has 208 valence electrons. The van der Waals surface area contributed by atoms with Gasteiger partial charge >= 0.3 is 6.03 Å². The molecule has 1 saturated heterocycles. The summed E-state index contributed by atoms with van der Waals surface area (Å²) in [5.74, 6) is -1.63. The summed E-state index contributed by atoms with van der Waals surface area (Å²) >= 11 is 0. The number of halogens is 1. The number of hydrogen-bond acceptors (Lipinski definition) is 6. The Labute approximate surface area is 231 Å². The fraction of sp³-hybridized carbons (Fsp3) is 0.333. The van der Waals surface area contributed by atoms with Crippen LogP contribution < -0.4 is 15.4 Å². The minimum Gasteiger partial charge on any atom is -0.435 e. The second-order valence-corrected chi connectivity index (χ2v) is 10.3. The number of benzene rings is 2. The third-order valence-electron chi connectivity index (χ3n) is 7.31. The van der Waals surface area contributed by atoms with E-state index in [-0.39, 0.29) is 17.5 Å². The average molecular weight is 547 g/mol. The molecule has 0 radical (unpaired) electrons. The molecule has 2 aliphatic heterocycles. The number of amides is 4. The number of rotatable bonds is 5. The molecule has 4 amide bonds. The van der Waals surface area contributed by atoms with Gasteiger partial charge in [0.25, 0.3) is 5.91 Å². The second-order valence-electron chi connectivity index (χ2n) is 10.3. The first kappa shape index (κ1) is 27.3. The number of fused-ring (bicyclic) bond motifs is 2. The molecule has 2 N–H and O–H groups in total. The number of urea groups is 1. The SMILES string of the molecule is CCNC(=O)NC(=O)C(C)(C)C1c2ccc(-c3ccc(C(=O)N4CCOCC4)cc3)nc2Oc2c(F)cccc21. The zero-order valence-electron chi connectivity index (χ0n) is 22.6. The van der Waals surface area contributed by atoms with Crippen LogP contribution in [-0.2, 0) is 9.53 Å². The van der Waals surface area contributed by atoms with Crippen LogP contribution in [0.25, 0.3) is 11.3 Å². The Morgan fingerprint density at radius 3 is 2.45 bits per heavy atom. The van der Waals surface area contributed by atoms with Crippen molar-refractivity contribution in [2.45, 2.75) is 26.7 Å². The van der Waals surface area contributed by atoms with Crippen molar-refractivity contribution in [1.29, 1.82) is 0 Å². The third-order valence-corrected chi connectivity index (χ3v) is 7.31. The lowest BCUT2D eigenvalue weighted by Gasteiger charge is -2.37. The van der Waals surface area contributed by atoms with Crippen LogP contribution in [0.5, 0.6) is 11.6 Å². The molecule has 0 saturated carbocycles. The van der Waals surface area contributed by atoms with Crippen molar-refractivity contribution in [2.75, 3.05) is 32.8 Å². The highest BCUT2D eigenvalue weighted by Gasteiger charge is 2.45. The lowest BCUT2D eigenvalue weighted by atomic mass is 9.69. The van der Waals surface area contributed by atoms with E-state index in [1.165, 1.54) is 6.07 Å². The van der Waals surface area contributed by atoms with E-state index in [0.717, 1.165) is 5.56 Å². The van der Waals surface area contributed by atoms with Crippen LogP contribution in [-0.4, -0.2) is 60.6 Å². The van der Waals surface area contributed by atoms with Gasteiger partial charge in [-0.25, -0.2) is 14.2 Å². The van der Waals surface area contributed by atoms with Crippen LogP contribution in [0.15, 0.2) is 54.6 Å². The van der Waals surface area contributed by atoms with Gasteiger partial charge in [0, 0.05) is 47.8 Å². The molecule has 3 aromatic rings. The highest BCUT2D eigenvalue weighted by molar-refractivity contribution is 5.98. The molecule has 2 aromatic carbocycles. The van der Waals surface area contributed by atoms with Crippen LogP contribution >= 0.6 is 0 Å². The Balaban J connectivity index is 1.48. The number of nitrogens with one attached hydrogen (secondary N) is 2. The van der Waals surface area contributed by atoms with Gasteiger partial charge in [-0.2, -0.15) is 0 Å². The quantitative estimate of drug-likeness (QED) is 0.489. The summed E-state index contributed by atoms with van der Waals surface area (Å²) in [6, 6.07) is 14.7. The predicted octanol–water partition coefficient (Wildman–Crippen LogP) is 4.47. The van der Waals surface area contributed by atoms with Crippen LogP contribution in [0, 0.1) is 11.2 Å². The molecule has 10 heteroatoms. The van der Waals surface area contributed by atoms with Gasteiger partial charge in [0.05, 0.1) is 24.3 Å². The summed E-state index contributed by atoms with van der Waals surface area (Å²) in [4.78, 5) is 44.7. The standard InChI is InChI=1S/C30H31FN4O5/c1-4-32-29(38)34-28(37)30(2,3)24-20-6-5-7-22(31)25(20)40-26-21(24)12-13-23(33-26)18-8-10-19(11-9-18)27(36)35-14-16-39-17-15-35/h5-13,24H,4,14-17H2,1-3H3,(H2,32,34,37,38). The monoisotopic (exact) mass is 546 g/mol. The molecular weight excluding hydrogens is 515 g/mol. The summed E-state index contributed by atoms with van der Waals surface area (Å²) in [6.45, 7) is 7.69. The van der Waals surface area contributed by atoms with Crippen molar-refractivity contribution in [3.63, 3.8) is 0 Å². The molecule has 5 rings (SSSR count). The maximum atomic E-state index is 15.0. The number of ether oxygens (including phenoxy) is 2. The van der Waals surface area contributed by atoms with Crippen LogP contribution in [0.2, 0.25) is 0 Å². The Hall–Kier alpha value is -4.31. The fourth-order valence-electron chi connectivity index (χ4n) is 5.15. The molecule has 2 aliphatic rings. The minimum atomic E-state index is -1.17. The van der Waals surface area contributed by atoms with Crippen molar-refractivity contribution in [3.8, 4) is 22.9 Å². The smallest absolute Gasteiger partial charge is 0.321 e. The Morgan fingerprint density at radius 2 is 1.75 bits per heavy atom. The van der Waals surface area contributed by atoms with E-state index < -0.39 is 29.1 Å². The average Bonchev–Trinajstić information content (AvgIpc) is 2.96. The highest BCUT2D eigenvalue weighted by Crippen LogP contribution is 2.52. The molecule has 1 fully saturated rings. The Bertz CT molecular complexity index is 1450. The van der Waals surface area contributed by atoms with Crippen LogP contribution in [0.1, 0.15) is 48.2 Å². The van der Waals surface area contributed by atoms with E-state index in [1.54, 1.807) is 68.1 Å². The van der Waals surface area contributed by atoms with Crippen LogP contribution in [0.4, 0.5) is 9.18 Å². The number of pyridine rings is 1. The summed E-state index contributed by atoms with van der Waals surface area (Å²) < 4.78 is 26.3. The molecule has 0 spiro atoms. The Kier molecular flexibility index (Phi) is 7.53. The second kappa shape index (κ2) is 11.1. The number of hydrogen-bond donors (Lipinski definition) is 2. The van der Waals surface area contributed by atoms with Gasteiger partial charge in [0.2, 0.25) is 11.8 Å². The number of imide groups is 1. The van der Waals surface area contributed by atoms with E-state index in [0.29, 0.717) is 55.2 Å². The molecule has 1 unspecified atom stereocenters. The van der Waals surface area contributed by atoms with Crippen molar-refractivity contribution in [3.05, 3.63) is 77.1 Å². The number of aromatic nitrogens is 1. The topological polar surface area (TPSA) is 110 Å². The van der Waals surface area contributed by atoms with Gasteiger partial charge in [-0.1, -0.05) is 44.2 Å². The number of nitrogens with zero attached hydrogens (tertiary/aromatic N) is 2. The van der Waals surface area contributed by atoms with Gasteiger partial charge in [0.1, 0.15) is 0 Å². The molecule has 0 bridgehead atoms. The van der Waals surface area contributed by atoms with Gasteiger partial charge in [-0.15, -0.1) is 0 Å². The van der Waals surface area contributed by atoms with E-state index >= 15 is 0 Å². The first-order valence-electron chi connectivity index (χ1n) is 13.2. The molecule has 0 aliphatic carbocycles.